The molecule has 5 N–H and O–H groups in total. The first kappa shape index (κ1) is 15.9. The summed E-state index contributed by atoms with van der Waals surface area (Å²) in [5.41, 5.74) is 11.4. The van der Waals surface area contributed by atoms with Crippen molar-refractivity contribution in [2.45, 2.75) is 32.2 Å². The van der Waals surface area contributed by atoms with E-state index >= 15 is 0 Å². The molecule has 110 valence electrons. The third-order valence-electron chi connectivity index (χ3n) is 3.03. The molecule has 1 rings (SSSR count). The zero-order chi connectivity index (χ0) is 15.1. The Morgan fingerprint density at radius 1 is 1.50 bits per heavy atom. The van der Waals surface area contributed by atoms with Gasteiger partial charge in [0.1, 0.15) is 0 Å². The number of carbonyl (C=O) groups excluding carboxylic acids is 1. The van der Waals surface area contributed by atoms with Crippen LogP contribution in [0.4, 0.5) is 11.4 Å². The maximum Gasteiger partial charge on any atom is 0.270 e. The molecule has 0 aromatic heterocycles. The normalized spacial score (nSPS) is 11.9. The van der Waals surface area contributed by atoms with E-state index in [1.165, 1.54) is 18.2 Å². The van der Waals surface area contributed by atoms with Gasteiger partial charge in [0, 0.05) is 30.4 Å². The second kappa shape index (κ2) is 7.44. The molecule has 0 bridgehead atoms. The van der Waals surface area contributed by atoms with Gasteiger partial charge in [-0.2, -0.15) is 0 Å². The molecule has 0 aliphatic rings. The van der Waals surface area contributed by atoms with Crippen LogP contribution in [0.3, 0.4) is 0 Å². The SMILES string of the molecule is CCCCC(CN)Nc1ccc([N+](=O)[O-])cc1C(N)=O. The maximum atomic E-state index is 11.4. The highest BCUT2D eigenvalue weighted by Crippen LogP contribution is 2.23. The molecule has 0 aliphatic heterocycles. The number of rotatable bonds is 8. The fourth-order valence-corrected chi connectivity index (χ4v) is 1.89. The van der Waals surface area contributed by atoms with Crippen LogP contribution in [0, 0.1) is 10.1 Å². The number of carbonyl (C=O) groups is 1. The number of anilines is 1. The summed E-state index contributed by atoms with van der Waals surface area (Å²) in [6.45, 7) is 2.49. The smallest absolute Gasteiger partial charge is 0.270 e. The Morgan fingerprint density at radius 3 is 2.70 bits per heavy atom. The number of primary amides is 1. The van der Waals surface area contributed by atoms with Gasteiger partial charge in [0.15, 0.2) is 0 Å². The highest BCUT2D eigenvalue weighted by molar-refractivity contribution is 5.99. The van der Waals surface area contributed by atoms with E-state index in [9.17, 15) is 14.9 Å². The van der Waals surface area contributed by atoms with Gasteiger partial charge in [0.05, 0.1) is 10.5 Å². The number of hydrogen-bond donors (Lipinski definition) is 3. The number of amides is 1. The average Bonchev–Trinajstić information content (AvgIpc) is 2.43. The molecular weight excluding hydrogens is 260 g/mol. The molecule has 0 saturated heterocycles. The van der Waals surface area contributed by atoms with Crippen LogP contribution in [0.1, 0.15) is 36.5 Å². The molecule has 7 heteroatoms. The number of nitro benzene ring substituents is 1. The summed E-state index contributed by atoms with van der Waals surface area (Å²) in [4.78, 5) is 21.6. The molecule has 1 aromatic rings. The standard InChI is InChI=1S/C13H20N4O3/c1-2-3-4-9(8-14)16-12-6-5-10(17(19)20)7-11(12)13(15)18/h5-7,9,16H,2-4,8,14H2,1H3,(H2,15,18). The summed E-state index contributed by atoms with van der Waals surface area (Å²) in [7, 11) is 0. The van der Waals surface area contributed by atoms with Gasteiger partial charge in [-0.1, -0.05) is 19.8 Å². The van der Waals surface area contributed by atoms with Crippen molar-refractivity contribution in [2.24, 2.45) is 11.5 Å². The molecule has 0 aliphatic carbocycles. The van der Waals surface area contributed by atoms with E-state index in [1.54, 1.807) is 0 Å². The van der Waals surface area contributed by atoms with Crippen LogP contribution in [-0.2, 0) is 0 Å². The van der Waals surface area contributed by atoms with Crippen molar-refractivity contribution in [1.29, 1.82) is 0 Å². The molecule has 0 fully saturated rings. The van der Waals surface area contributed by atoms with E-state index in [0.717, 1.165) is 19.3 Å². The predicted molar refractivity (Wildman–Crippen MR) is 77.6 cm³/mol. The van der Waals surface area contributed by atoms with E-state index in [1.807, 2.05) is 0 Å². The van der Waals surface area contributed by atoms with E-state index in [0.29, 0.717) is 12.2 Å². The second-order valence-corrected chi connectivity index (χ2v) is 4.57. The number of nitrogens with one attached hydrogen (secondary N) is 1. The van der Waals surface area contributed by atoms with Crippen LogP contribution in [0.5, 0.6) is 0 Å². The molecule has 20 heavy (non-hydrogen) atoms. The molecule has 1 unspecified atom stereocenters. The fraction of sp³-hybridized carbons (Fsp3) is 0.462. The van der Waals surface area contributed by atoms with Crippen molar-refractivity contribution >= 4 is 17.3 Å². The lowest BCUT2D eigenvalue weighted by molar-refractivity contribution is -0.384. The summed E-state index contributed by atoms with van der Waals surface area (Å²) in [5, 5.41) is 13.9. The van der Waals surface area contributed by atoms with Gasteiger partial charge < -0.3 is 16.8 Å². The Hall–Kier alpha value is -2.15. The Kier molecular flexibility index (Phi) is 5.92. The molecule has 0 heterocycles. The Labute approximate surface area is 117 Å². The van der Waals surface area contributed by atoms with Gasteiger partial charge in [-0.25, -0.2) is 0 Å². The third-order valence-corrected chi connectivity index (χ3v) is 3.03. The number of nitro groups is 1. The first-order chi connectivity index (χ1) is 9.49. The lowest BCUT2D eigenvalue weighted by atomic mass is 10.1. The van der Waals surface area contributed by atoms with Crippen molar-refractivity contribution in [3.63, 3.8) is 0 Å². The molecule has 1 atom stereocenters. The lowest BCUT2D eigenvalue weighted by Gasteiger charge is -2.19. The molecular formula is C13H20N4O3. The largest absolute Gasteiger partial charge is 0.380 e. The zero-order valence-corrected chi connectivity index (χ0v) is 11.5. The van der Waals surface area contributed by atoms with Crippen LogP contribution >= 0.6 is 0 Å². The summed E-state index contributed by atoms with van der Waals surface area (Å²) in [5.74, 6) is -0.706. The van der Waals surface area contributed by atoms with Crippen molar-refractivity contribution in [2.75, 3.05) is 11.9 Å². The number of unbranched alkanes of at least 4 members (excludes halogenated alkanes) is 1. The van der Waals surface area contributed by atoms with Crippen LogP contribution in [0.2, 0.25) is 0 Å². The topological polar surface area (TPSA) is 124 Å². The Morgan fingerprint density at radius 2 is 2.20 bits per heavy atom. The van der Waals surface area contributed by atoms with Gasteiger partial charge in [0.25, 0.3) is 11.6 Å². The highest BCUT2D eigenvalue weighted by Gasteiger charge is 2.16. The monoisotopic (exact) mass is 280 g/mol. The van der Waals surface area contributed by atoms with Crippen molar-refractivity contribution in [3.05, 3.63) is 33.9 Å². The average molecular weight is 280 g/mol. The number of non-ortho nitro benzene ring substituents is 1. The van der Waals surface area contributed by atoms with E-state index in [-0.39, 0.29) is 17.3 Å². The van der Waals surface area contributed by atoms with E-state index in [2.05, 4.69) is 12.2 Å². The van der Waals surface area contributed by atoms with Gasteiger partial charge in [-0.05, 0) is 12.5 Å². The molecule has 0 spiro atoms. The van der Waals surface area contributed by atoms with Crippen LogP contribution in [0.15, 0.2) is 18.2 Å². The van der Waals surface area contributed by atoms with Gasteiger partial charge in [0.2, 0.25) is 0 Å². The number of hydrogen-bond acceptors (Lipinski definition) is 5. The number of nitrogens with zero attached hydrogens (tertiary/aromatic N) is 1. The van der Waals surface area contributed by atoms with E-state index in [4.69, 9.17) is 11.5 Å². The van der Waals surface area contributed by atoms with Crippen molar-refractivity contribution < 1.29 is 9.72 Å². The summed E-state index contributed by atoms with van der Waals surface area (Å²) in [6, 6.07) is 4.02. The quantitative estimate of drug-likeness (QED) is 0.493. The molecule has 1 aromatic carbocycles. The van der Waals surface area contributed by atoms with Gasteiger partial charge in [-0.15, -0.1) is 0 Å². The Balaban J connectivity index is 2.98. The molecule has 0 radical (unpaired) electrons. The first-order valence-electron chi connectivity index (χ1n) is 6.54. The lowest BCUT2D eigenvalue weighted by Crippen LogP contribution is -2.30. The number of benzene rings is 1. The maximum absolute atomic E-state index is 11.4. The minimum atomic E-state index is -0.706. The van der Waals surface area contributed by atoms with E-state index < -0.39 is 10.8 Å². The van der Waals surface area contributed by atoms with Crippen LogP contribution < -0.4 is 16.8 Å². The minimum Gasteiger partial charge on any atom is -0.380 e. The molecule has 0 saturated carbocycles. The van der Waals surface area contributed by atoms with Crippen molar-refractivity contribution in [3.8, 4) is 0 Å². The summed E-state index contributed by atoms with van der Waals surface area (Å²) in [6.07, 6.45) is 2.91. The summed E-state index contributed by atoms with van der Waals surface area (Å²) < 4.78 is 0. The predicted octanol–water partition coefficient (Wildman–Crippen LogP) is 1.62. The van der Waals surface area contributed by atoms with Gasteiger partial charge in [-0.3, -0.25) is 14.9 Å². The van der Waals surface area contributed by atoms with Crippen LogP contribution in [0.25, 0.3) is 0 Å². The highest BCUT2D eigenvalue weighted by atomic mass is 16.6. The Bertz CT molecular complexity index is 491. The van der Waals surface area contributed by atoms with Crippen LogP contribution in [-0.4, -0.2) is 23.4 Å². The van der Waals surface area contributed by atoms with Crippen molar-refractivity contribution in [1.82, 2.24) is 0 Å². The minimum absolute atomic E-state index is 0.00880. The molecule has 7 nitrogen and oxygen atoms in total. The zero-order valence-electron chi connectivity index (χ0n) is 11.5. The molecule has 1 amide bonds. The third kappa shape index (κ3) is 4.20. The first-order valence-corrected chi connectivity index (χ1v) is 6.54. The van der Waals surface area contributed by atoms with Gasteiger partial charge >= 0.3 is 0 Å². The summed E-state index contributed by atoms with van der Waals surface area (Å²) >= 11 is 0. The number of nitrogens with two attached hydrogens (primary N) is 2. The second-order valence-electron chi connectivity index (χ2n) is 4.57. The fourth-order valence-electron chi connectivity index (χ4n) is 1.89.